The van der Waals surface area contributed by atoms with Gasteiger partial charge in [-0.15, -0.1) is 0 Å². The summed E-state index contributed by atoms with van der Waals surface area (Å²) in [6, 6.07) is 1.80. The maximum Gasteiger partial charge on any atom is 0.344 e. The number of nitrogens with zero attached hydrogens (tertiary/aromatic N) is 1. The minimum atomic E-state index is -0.477. The number of rotatable bonds is 2. The Balaban J connectivity index is 2.82. The molecule has 0 saturated heterocycles. The predicted molar refractivity (Wildman–Crippen MR) is 61.7 cm³/mol. The van der Waals surface area contributed by atoms with Gasteiger partial charge in [0, 0.05) is 0 Å². The number of nitrogens with one attached hydrogen (secondary N) is 1. The first kappa shape index (κ1) is 10.9. The fourth-order valence-electron chi connectivity index (χ4n) is 1.52. The van der Waals surface area contributed by atoms with Crippen molar-refractivity contribution < 1.29 is 14.3 Å². The molecule has 0 atom stereocenters. The number of aromatic amines is 1. The number of carbonyl (C=O) groups is 1. The third kappa shape index (κ3) is 1.55. The van der Waals surface area contributed by atoms with Gasteiger partial charge in [0.05, 0.1) is 30.5 Å². The van der Waals surface area contributed by atoms with Gasteiger partial charge >= 0.3 is 5.97 Å². The normalized spacial score (nSPS) is 10.4. The van der Waals surface area contributed by atoms with Crippen molar-refractivity contribution >= 4 is 32.9 Å². The van der Waals surface area contributed by atoms with E-state index in [1.54, 1.807) is 6.07 Å². The molecule has 0 aliphatic heterocycles. The average Bonchev–Trinajstić information content (AvgIpc) is 2.73. The van der Waals surface area contributed by atoms with E-state index in [1.165, 1.54) is 20.5 Å². The Kier molecular flexibility index (Phi) is 2.82. The summed E-state index contributed by atoms with van der Waals surface area (Å²) in [4.78, 5) is 18.7. The van der Waals surface area contributed by atoms with Crippen LogP contribution in [-0.2, 0) is 4.74 Å². The fraction of sp³-hybridized carbons (Fsp3) is 0.200. The molecule has 0 radical (unpaired) electrons. The largest absolute Gasteiger partial charge is 0.495 e. The number of benzene rings is 1. The summed E-state index contributed by atoms with van der Waals surface area (Å²) in [5.41, 5.74) is 1.59. The maximum absolute atomic E-state index is 11.7. The summed E-state index contributed by atoms with van der Waals surface area (Å²) in [5, 5.41) is 0. The lowest BCUT2D eigenvalue weighted by Gasteiger charge is -2.09. The monoisotopic (exact) mass is 284 g/mol. The van der Waals surface area contributed by atoms with E-state index in [0.717, 1.165) is 5.52 Å². The van der Waals surface area contributed by atoms with Crippen molar-refractivity contribution in [3.05, 3.63) is 22.4 Å². The molecule has 0 amide bonds. The molecule has 2 rings (SSSR count). The van der Waals surface area contributed by atoms with Gasteiger partial charge in [0.25, 0.3) is 0 Å². The molecule has 6 heteroatoms. The number of carbonyl (C=O) groups excluding carboxylic acids is 1. The average molecular weight is 285 g/mol. The van der Waals surface area contributed by atoms with E-state index >= 15 is 0 Å². The maximum atomic E-state index is 11.7. The standard InChI is InChI=1S/C10H9BrN2O3/c1-15-9-5(11)3-6-8(13-4-12-6)7(9)10(14)16-2/h3-4H,1-2H3,(H,12,13). The number of imidazole rings is 1. The van der Waals surface area contributed by atoms with Gasteiger partial charge in [-0.25, -0.2) is 9.78 Å². The van der Waals surface area contributed by atoms with Gasteiger partial charge in [0.15, 0.2) is 0 Å². The molecule has 1 N–H and O–H groups in total. The molecular weight excluding hydrogens is 276 g/mol. The third-order valence-electron chi connectivity index (χ3n) is 2.21. The van der Waals surface area contributed by atoms with Crippen LogP contribution in [0.15, 0.2) is 16.9 Å². The number of aromatic nitrogens is 2. The second kappa shape index (κ2) is 4.13. The number of hydrogen-bond donors (Lipinski definition) is 1. The van der Waals surface area contributed by atoms with Crippen molar-refractivity contribution in [3.63, 3.8) is 0 Å². The first-order valence-corrected chi connectivity index (χ1v) is 5.26. The minimum absolute atomic E-state index is 0.315. The minimum Gasteiger partial charge on any atom is -0.495 e. The van der Waals surface area contributed by atoms with Gasteiger partial charge in [0.1, 0.15) is 16.8 Å². The molecule has 0 spiro atoms. The Labute approximate surface area is 99.9 Å². The summed E-state index contributed by atoms with van der Waals surface area (Å²) < 4.78 is 10.6. The molecule has 0 aliphatic carbocycles. The number of methoxy groups -OCH3 is 2. The lowest BCUT2D eigenvalue weighted by atomic mass is 10.1. The van der Waals surface area contributed by atoms with Gasteiger partial charge in [-0.2, -0.15) is 0 Å². The van der Waals surface area contributed by atoms with Gasteiger partial charge in [0.2, 0.25) is 0 Å². The Morgan fingerprint density at radius 2 is 2.25 bits per heavy atom. The Bertz CT molecular complexity index is 550. The van der Waals surface area contributed by atoms with E-state index in [0.29, 0.717) is 21.3 Å². The van der Waals surface area contributed by atoms with Gasteiger partial charge < -0.3 is 14.5 Å². The van der Waals surface area contributed by atoms with Crippen molar-refractivity contribution in [2.24, 2.45) is 0 Å². The number of fused-ring (bicyclic) bond motifs is 1. The second-order valence-electron chi connectivity index (χ2n) is 3.06. The highest BCUT2D eigenvalue weighted by Crippen LogP contribution is 2.34. The number of H-pyrrole nitrogens is 1. The smallest absolute Gasteiger partial charge is 0.344 e. The van der Waals surface area contributed by atoms with E-state index < -0.39 is 5.97 Å². The van der Waals surface area contributed by atoms with Crippen LogP contribution in [0.3, 0.4) is 0 Å². The summed E-state index contributed by atoms with van der Waals surface area (Å²) in [5.74, 6) is -0.0540. The summed E-state index contributed by atoms with van der Waals surface area (Å²) in [6.07, 6.45) is 1.52. The van der Waals surface area contributed by atoms with Gasteiger partial charge in [-0.1, -0.05) is 0 Å². The molecule has 0 unspecified atom stereocenters. The quantitative estimate of drug-likeness (QED) is 0.858. The molecule has 1 aromatic heterocycles. The molecule has 1 aromatic carbocycles. The number of hydrogen-bond acceptors (Lipinski definition) is 4. The molecule has 2 aromatic rings. The number of ether oxygens (including phenoxy) is 2. The summed E-state index contributed by atoms with van der Waals surface area (Å²) in [6.45, 7) is 0. The zero-order valence-electron chi connectivity index (χ0n) is 8.70. The van der Waals surface area contributed by atoms with E-state index in [9.17, 15) is 4.79 Å². The van der Waals surface area contributed by atoms with Crippen LogP contribution in [0.5, 0.6) is 5.75 Å². The van der Waals surface area contributed by atoms with Crippen molar-refractivity contribution in [1.82, 2.24) is 9.97 Å². The molecule has 16 heavy (non-hydrogen) atoms. The molecule has 0 saturated carbocycles. The highest BCUT2D eigenvalue weighted by atomic mass is 79.9. The van der Waals surface area contributed by atoms with Crippen molar-refractivity contribution in [3.8, 4) is 5.75 Å². The first-order valence-electron chi connectivity index (χ1n) is 4.47. The second-order valence-corrected chi connectivity index (χ2v) is 3.91. The van der Waals surface area contributed by atoms with E-state index in [4.69, 9.17) is 9.47 Å². The van der Waals surface area contributed by atoms with Crippen LogP contribution in [0.4, 0.5) is 0 Å². The van der Waals surface area contributed by atoms with Crippen LogP contribution in [0, 0.1) is 0 Å². The lowest BCUT2D eigenvalue weighted by Crippen LogP contribution is -2.05. The van der Waals surface area contributed by atoms with E-state index in [-0.39, 0.29) is 0 Å². The lowest BCUT2D eigenvalue weighted by molar-refractivity contribution is 0.0599. The van der Waals surface area contributed by atoms with Crippen LogP contribution < -0.4 is 4.74 Å². The molecule has 1 heterocycles. The Morgan fingerprint density at radius 1 is 1.50 bits per heavy atom. The highest BCUT2D eigenvalue weighted by molar-refractivity contribution is 9.10. The highest BCUT2D eigenvalue weighted by Gasteiger charge is 2.21. The Morgan fingerprint density at radius 3 is 2.88 bits per heavy atom. The molecule has 84 valence electrons. The first-order chi connectivity index (χ1) is 7.69. The van der Waals surface area contributed by atoms with E-state index in [1.807, 2.05) is 0 Å². The molecular formula is C10H9BrN2O3. The van der Waals surface area contributed by atoms with Gasteiger partial charge in [-0.05, 0) is 22.0 Å². The molecule has 0 aliphatic rings. The number of halogens is 1. The SMILES string of the molecule is COC(=O)c1c(OC)c(Br)cc2[nH]cnc12. The van der Waals surface area contributed by atoms with Crippen LogP contribution >= 0.6 is 15.9 Å². The van der Waals surface area contributed by atoms with E-state index in [2.05, 4.69) is 25.9 Å². The van der Waals surface area contributed by atoms with Crippen LogP contribution in [-0.4, -0.2) is 30.2 Å². The zero-order valence-corrected chi connectivity index (χ0v) is 10.3. The molecule has 0 bridgehead atoms. The van der Waals surface area contributed by atoms with Crippen molar-refractivity contribution in [2.45, 2.75) is 0 Å². The van der Waals surface area contributed by atoms with Crippen molar-refractivity contribution in [2.75, 3.05) is 14.2 Å². The predicted octanol–water partition coefficient (Wildman–Crippen LogP) is 2.12. The van der Waals surface area contributed by atoms with Gasteiger partial charge in [-0.3, -0.25) is 0 Å². The molecule has 0 fully saturated rings. The fourth-order valence-corrected chi connectivity index (χ4v) is 2.11. The van der Waals surface area contributed by atoms with Crippen LogP contribution in [0.25, 0.3) is 11.0 Å². The Hall–Kier alpha value is -1.56. The summed E-state index contributed by atoms with van der Waals surface area (Å²) in [7, 11) is 2.81. The topological polar surface area (TPSA) is 64.2 Å². The number of esters is 1. The zero-order chi connectivity index (χ0) is 11.7. The van der Waals surface area contributed by atoms with Crippen LogP contribution in [0.1, 0.15) is 10.4 Å². The van der Waals surface area contributed by atoms with Crippen molar-refractivity contribution in [1.29, 1.82) is 0 Å². The summed E-state index contributed by atoms with van der Waals surface area (Å²) >= 11 is 3.33. The van der Waals surface area contributed by atoms with Crippen LogP contribution in [0.2, 0.25) is 0 Å². The third-order valence-corrected chi connectivity index (χ3v) is 2.80. The molecule has 5 nitrogen and oxygen atoms in total.